The van der Waals surface area contributed by atoms with Gasteiger partial charge in [-0.25, -0.2) is 4.57 Å². The Morgan fingerprint density at radius 2 is 1.44 bits per heavy atom. The van der Waals surface area contributed by atoms with E-state index in [4.69, 9.17) is 37.8 Å². The van der Waals surface area contributed by atoms with E-state index in [1.165, 1.54) is 0 Å². The summed E-state index contributed by atoms with van der Waals surface area (Å²) >= 11 is 0. The number of nitrogens with zero attached hydrogens (tertiary/aromatic N) is 3. The van der Waals surface area contributed by atoms with Crippen molar-refractivity contribution in [1.82, 2.24) is 0 Å². The monoisotopic (exact) mass is 613 g/mol. The second-order valence-electron chi connectivity index (χ2n) is 8.51. The van der Waals surface area contributed by atoms with Gasteiger partial charge in [-0.15, -0.1) is 0 Å². The predicted octanol–water partition coefficient (Wildman–Crippen LogP) is 4.04. The molecule has 1 fully saturated rings. The number of rotatable bonds is 14. The second kappa shape index (κ2) is 15.9. The lowest BCUT2D eigenvalue weighted by atomic mass is 9.97. The van der Waals surface area contributed by atoms with Crippen molar-refractivity contribution in [3.63, 3.8) is 0 Å². The predicted molar refractivity (Wildman–Crippen MR) is 141 cm³/mol. The Labute approximate surface area is 236 Å². The van der Waals surface area contributed by atoms with Crippen LogP contribution in [0.4, 0.5) is 0 Å². The molecule has 1 saturated heterocycles. The quantitative estimate of drug-likeness (QED) is 0.102. The van der Waals surface area contributed by atoms with Crippen molar-refractivity contribution in [2.75, 3.05) is 6.61 Å². The van der Waals surface area contributed by atoms with Crippen molar-refractivity contribution < 1.29 is 56.2 Å². The Morgan fingerprint density at radius 1 is 0.927 bits per heavy atom. The number of azide groups is 1. The topological polar surface area (TPSA) is 205 Å². The summed E-state index contributed by atoms with van der Waals surface area (Å²) in [4.78, 5) is 45.4. The van der Waals surface area contributed by atoms with E-state index in [9.17, 15) is 23.9 Å². The fraction of sp³-hybridized carbons (Fsp3) is 0.417. The van der Waals surface area contributed by atoms with Crippen molar-refractivity contribution in [2.24, 2.45) is 5.11 Å². The third-order valence-corrected chi connectivity index (χ3v) is 7.22. The van der Waals surface area contributed by atoms with Crippen molar-refractivity contribution in [1.29, 1.82) is 0 Å². The molecule has 0 saturated carbocycles. The van der Waals surface area contributed by atoms with Gasteiger partial charge in [0, 0.05) is 18.8 Å². The average Bonchev–Trinajstić information content (AvgIpc) is 2.93. The van der Waals surface area contributed by atoms with Gasteiger partial charge in [0.2, 0.25) is 0 Å². The number of phosphoric acid groups is 1. The molecule has 0 aliphatic carbocycles. The van der Waals surface area contributed by atoms with E-state index in [1.807, 2.05) is 0 Å². The zero-order chi connectivity index (χ0) is 29.8. The Morgan fingerprint density at radius 3 is 1.90 bits per heavy atom. The highest BCUT2D eigenvalue weighted by Gasteiger charge is 2.51. The molecule has 17 heteroatoms. The summed E-state index contributed by atoms with van der Waals surface area (Å²) in [6.45, 7) is 1.19. The lowest BCUT2D eigenvalue weighted by molar-refractivity contribution is -0.251. The molecule has 2 aromatic rings. The van der Waals surface area contributed by atoms with Crippen molar-refractivity contribution in [2.45, 2.75) is 57.7 Å². The van der Waals surface area contributed by atoms with Crippen LogP contribution in [0.5, 0.6) is 0 Å². The van der Waals surface area contributed by atoms with Crippen LogP contribution < -0.4 is 0 Å². The van der Waals surface area contributed by atoms with Gasteiger partial charge in [0.05, 0.1) is 19.8 Å². The zero-order valence-corrected chi connectivity index (χ0v) is 23.8. The molecule has 5 atom stereocenters. The molecule has 41 heavy (non-hydrogen) atoms. The van der Waals surface area contributed by atoms with Gasteiger partial charge in [-0.1, -0.05) is 65.8 Å². The van der Waals surface area contributed by atoms with Gasteiger partial charge in [0.25, 0.3) is 0 Å². The lowest BCUT2D eigenvalue weighted by Gasteiger charge is -2.43. The summed E-state index contributed by atoms with van der Waals surface area (Å²) in [5.41, 5.74) is 10.4. The van der Waals surface area contributed by atoms with Crippen LogP contribution >= 0.6 is 16.4 Å². The number of benzene rings is 2. The molecule has 0 radical (unpaired) electrons. The minimum absolute atomic E-state index is 0.147. The summed E-state index contributed by atoms with van der Waals surface area (Å²) in [7, 11) is -7.39. The molecule has 1 heterocycles. The molecule has 0 bridgehead atoms. The number of hydrogen-bond donors (Lipinski definition) is 2. The van der Waals surface area contributed by atoms with Crippen molar-refractivity contribution in [3.8, 4) is 0 Å². The van der Waals surface area contributed by atoms with Crippen LogP contribution in [0.15, 0.2) is 65.8 Å². The molecule has 3 rings (SSSR count). The van der Waals surface area contributed by atoms with Crippen LogP contribution in [0.25, 0.3) is 10.4 Å². The molecule has 0 aromatic heterocycles. The summed E-state index contributed by atoms with van der Waals surface area (Å²) in [6, 6.07) is 16.1. The first kappa shape index (κ1) is 32.6. The van der Waals surface area contributed by atoms with Crippen LogP contribution in [0.1, 0.15) is 25.0 Å². The fourth-order valence-electron chi connectivity index (χ4n) is 3.78. The van der Waals surface area contributed by atoms with Crippen LogP contribution in [0.2, 0.25) is 0 Å². The van der Waals surface area contributed by atoms with E-state index >= 15 is 0 Å². The van der Waals surface area contributed by atoms with E-state index in [2.05, 4.69) is 10.0 Å². The lowest BCUT2D eigenvalue weighted by Crippen LogP contribution is -2.60. The van der Waals surface area contributed by atoms with Gasteiger partial charge in [0.1, 0.15) is 12.1 Å². The number of carbonyl (C=O) groups is 2. The highest BCUT2D eigenvalue weighted by Crippen LogP contribution is 2.51. The molecule has 2 aromatic carbocycles. The standard InChI is InChI=1S/C24H29N3O12P2/c1-16(28)36-22-20(38-24(39-40(30)31)21(26-27-25)23(22)37-17(2)29)15-35-41(32,33-13-18-9-5-3-6-10-18)34-14-19-11-7-4-8-12-19/h3-12,20-24,30-31H,13-15H2,1-2H3/t20-,21+,22-,23-,24-/m1/s1. The summed E-state index contributed by atoms with van der Waals surface area (Å²) < 4.78 is 51.7. The molecule has 0 unspecified atom stereocenters. The molecule has 1 aliphatic heterocycles. The Bertz CT molecular complexity index is 1190. The van der Waals surface area contributed by atoms with E-state index in [1.54, 1.807) is 60.7 Å². The molecule has 0 amide bonds. The van der Waals surface area contributed by atoms with Crippen molar-refractivity contribution >= 4 is 28.4 Å². The molecular weight excluding hydrogens is 584 g/mol. The summed E-state index contributed by atoms with van der Waals surface area (Å²) in [6.07, 6.45) is -6.06. The number of esters is 2. The molecule has 1 aliphatic rings. The van der Waals surface area contributed by atoms with E-state index in [-0.39, 0.29) is 13.2 Å². The third-order valence-electron chi connectivity index (χ3n) is 5.46. The Kier molecular flexibility index (Phi) is 12.6. The third kappa shape index (κ3) is 10.4. The van der Waals surface area contributed by atoms with Gasteiger partial charge in [-0.3, -0.25) is 27.7 Å². The summed E-state index contributed by atoms with van der Waals surface area (Å²) in [5.74, 6) is -1.67. The largest absolute Gasteiger partial charge is 0.475 e. The van der Waals surface area contributed by atoms with E-state index < -0.39 is 65.6 Å². The number of carbonyl (C=O) groups excluding carboxylic acids is 2. The molecule has 15 nitrogen and oxygen atoms in total. The highest BCUT2D eigenvalue weighted by atomic mass is 31.2. The fourth-order valence-corrected chi connectivity index (χ4v) is 5.31. The van der Waals surface area contributed by atoms with Gasteiger partial charge >= 0.3 is 28.4 Å². The van der Waals surface area contributed by atoms with Gasteiger partial charge in [-0.05, 0) is 16.7 Å². The normalized spacial score (nSPS) is 22.5. The molecular formula is C24H29N3O12P2. The number of ether oxygens (including phenoxy) is 3. The van der Waals surface area contributed by atoms with Crippen LogP contribution in [-0.2, 0) is 59.7 Å². The maximum absolute atomic E-state index is 13.7. The van der Waals surface area contributed by atoms with Crippen LogP contribution in [-0.4, -0.2) is 59.0 Å². The smallest absolute Gasteiger partial charge is 0.458 e. The molecule has 0 spiro atoms. The Balaban J connectivity index is 1.88. The second-order valence-corrected chi connectivity index (χ2v) is 10.9. The molecule has 222 valence electrons. The SMILES string of the molecule is CC(=O)O[C@@H]1[C@H](N=[N+]=[N-])[C@@H](OP(O)O)O[C@H](COP(=O)(OCc2ccccc2)OCc2ccccc2)[C@H]1OC(C)=O. The van der Waals surface area contributed by atoms with E-state index in [0.717, 1.165) is 13.8 Å². The first-order valence-electron chi connectivity index (χ1n) is 12.1. The van der Waals surface area contributed by atoms with E-state index in [0.29, 0.717) is 11.1 Å². The first-order valence-corrected chi connectivity index (χ1v) is 14.7. The van der Waals surface area contributed by atoms with Crippen LogP contribution in [0, 0.1) is 0 Å². The Hall–Kier alpha value is -2.93. The highest BCUT2D eigenvalue weighted by molar-refractivity contribution is 7.48. The summed E-state index contributed by atoms with van der Waals surface area (Å²) in [5, 5.41) is 3.48. The number of phosphoric ester groups is 1. The van der Waals surface area contributed by atoms with Crippen LogP contribution in [0.3, 0.4) is 0 Å². The number of hydrogen-bond acceptors (Lipinski definition) is 13. The maximum Gasteiger partial charge on any atom is 0.475 e. The minimum atomic E-state index is -4.35. The maximum atomic E-state index is 13.7. The molecule has 2 N–H and O–H groups in total. The first-order chi connectivity index (χ1) is 19.6. The van der Waals surface area contributed by atoms with Gasteiger partial charge in [0.15, 0.2) is 18.5 Å². The minimum Gasteiger partial charge on any atom is -0.458 e. The zero-order valence-electron chi connectivity index (χ0n) is 22.0. The average molecular weight is 613 g/mol. The van der Waals surface area contributed by atoms with Crippen molar-refractivity contribution in [3.05, 3.63) is 82.2 Å². The van der Waals surface area contributed by atoms with Gasteiger partial charge < -0.3 is 24.0 Å². The van der Waals surface area contributed by atoms with Gasteiger partial charge in [-0.2, -0.15) is 0 Å².